The van der Waals surface area contributed by atoms with Crippen LogP contribution in [0.1, 0.15) is 32.9 Å². The lowest BCUT2D eigenvalue weighted by Crippen LogP contribution is -2.51. The summed E-state index contributed by atoms with van der Waals surface area (Å²) in [6, 6.07) is 0. The highest BCUT2D eigenvalue weighted by molar-refractivity contribution is 5.82. The monoisotopic (exact) mass is 351 g/mol. The van der Waals surface area contributed by atoms with Crippen molar-refractivity contribution in [2.24, 2.45) is 5.92 Å². The van der Waals surface area contributed by atoms with Crippen LogP contribution >= 0.6 is 0 Å². The van der Waals surface area contributed by atoms with Crippen LogP contribution in [0, 0.1) is 5.92 Å². The van der Waals surface area contributed by atoms with Gasteiger partial charge < -0.3 is 20.3 Å². The van der Waals surface area contributed by atoms with Gasteiger partial charge in [0, 0.05) is 6.54 Å². The molecular formula is C16H22FN5O3. The Morgan fingerprint density at radius 2 is 2.12 bits per heavy atom. The van der Waals surface area contributed by atoms with E-state index >= 15 is 4.39 Å². The van der Waals surface area contributed by atoms with Gasteiger partial charge in [0.1, 0.15) is 18.0 Å². The fourth-order valence-corrected chi connectivity index (χ4v) is 3.24. The standard InChI is InChI=1S/C16H22FN5O3/c1-15(17)14(25-10(6-23)16(15,2)24)22-8-21-11-12(18-5-9-3-4-9)19-7-20-13(11)22/h7-10,14,23-24H,3-6H2,1-2H3,(H,18,19,20)/t10-,14-,15+,16+/m1/s1. The zero-order chi connectivity index (χ0) is 17.8. The fourth-order valence-electron chi connectivity index (χ4n) is 3.24. The second-order valence-corrected chi connectivity index (χ2v) is 7.25. The Hall–Kier alpha value is -1.84. The van der Waals surface area contributed by atoms with Crippen LogP contribution in [-0.2, 0) is 4.74 Å². The van der Waals surface area contributed by atoms with Gasteiger partial charge in [0.15, 0.2) is 28.9 Å². The molecule has 25 heavy (non-hydrogen) atoms. The summed E-state index contributed by atoms with van der Waals surface area (Å²) in [6.07, 6.45) is 3.05. The number of aromatic nitrogens is 4. The lowest BCUT2D eigenvalue weighted by atomic mass is 9.85. The molecule has 2 aromatic rings. The number of anilines is 1. The first-order valence-electron chi connectivity index (χ1n) is 8.45. The van der Waals surface area contributed by atoms with E-state index in [1.165, 1.54) is 43.9 Å². The third-order valence-electron chi connectivity index (χ3n) is 5.41. The second-order valence-electron chi connectivity index (χ2n) is 7.25. The third kappa shape index (κ3) is 2.49. The predicted molar refractivity (Wildman–Crippen MR) is 87.7 cm³/mol. The predicted octanol–water partition coefficient (Wildman–Crippen LogP) is 1.02. The summed E-state index contributed by atoms with van der Waals surface area (Å²) in [5.74, 6) is 1.26. The molecule has 3 N–H and O–H groups in total. The highest BCUT2D eigenvalue weighted by Crippen LogP contribution is 2.48. The SMILES string of the molecule is C[C@]1(O)[C@@H](CO)O[C@@H](n2cnc3c(NCC4CC4)ncnc32)[C@]1(C)F. The summed E-state index contributed by atoms with van der Waals surface area (Å²) in [6.45, 7) is 2.91. The van der Waals surface area contributed by atoms with E-state index in [0.29, 0.717) is 22.9 Å². The number of rotatable bonds is 5. The zero-order valence-electron chi connectivity index (χ0n) is 14.2. The molecule has 4 atom stereocenters. The quantitative estimate of drug-likeness (QED) is 0.738. The van der Waals surface area contributed by atoms with E-state index in [-0.39, 0.29) is 0 Å². The molecule has 0 bridgehead atoms. The Labute approximate surface area is 144 Å². The summed E-state index contributed by atoms with van der Waals surface area (Å²) in [5, 5.41) is 23.2. The highest BCUT2D eigenvalue weighted by Gasteiger charge is 2.63. The molecule has 1 aliphatic carbocycles. The van der Waals surface area contributed by atoms with E-state index < -0.39 is 30.2 Å². The number of halogens is 1. The summed E-state index contributed by atoms with van der Waals surface area (Å²) in [7, 11) is 0. The van der Waals surface area contributed by atoms with Crippen molar-refractivity contribution in [3.05, 3.63) is 12.7 Å². The molecule has 0 spiro atoms. The van der Waals surface area contributed by atoms with Gasteiger partial charge in [-0.25, -0.2) is 19.3 Å². The molecule has 0 radical (unpaired) electrons. The molecule has 4 rings (SSSR count). The Morgan fingerprint density at radius 1 is 1.36 bits per heavy atom. The smallest absolute Gasteiger partial charge is 0.183 e. The molecule has 2 aliphatic rings. The lowest BCUT2D eigenvalue weighted by Gasteiger charge is -2.32. The van der Waals surface area contributed by atoms with Crippen LogP contribution in [0.5, 0.6) is 0 Å². The summed E-state index contributed by atoms with van der Waals surface area (Å²) in [5.41, 5.74) is -3.05. The molecule has 0 amide bonds. The topological polar surface area (TPSA) is 105 Å². The molecule has 1 saturated heterocycles. The van der Waals surface area contributed by atoms with Gasteiger partial charge in [0.25, 0.3) is 0 Å². The Morgan fingerprint density at radius 3 is 2.76 bits per heavy atom. The summed E-state index contributed by atoms with van der Waals surface area (Å²) < 4.78 is 22.4. The molecular weight excluding hydrogens is 329 g/mol. The van der Waals surface area contributed by atoms with E-state index in [1.54, 1.807) is 0 Å². The van der Waals surface area contributed by atoms with Crippen LogP contribution in [0.2, 0.25) is 0 Å². The molecule has 2 aromatic heterocycles. The molecule has 3 heterocycles. The van der Waals surface area contributed by atoms with Crippen LogP contribution in [0.3, 0.4) is 0 Å². The Bertz CT molecular complexity index is 789. The highest BCUT2D eigenvalue weighted by atomic mass is 19.1. The maximum absolute atomic E-state index is 15.4. The molecule has 0 aromatic carbocycles. The second kappa shape index (κ2) is 5.58. The largest absolute Gasteiger partial charge is 0.394 e. The molecule has 1 saturated carbocycles. The number of nitrogens with one attached hydrogen (secondary N) is 1. The van der Waals surface area contributed by atoms with Gasteiger partial charge in [0.05, 0.1) is 12.9 Å². The number of alkyl halides is 1. The van der Waals surface area contributed by atoms with Gasteiger partial charge in [-0.3, -0.25) is 4.57 Å². The fraction of sp³-hybridized carbons (Fsp3) is 0.688. The normalized spacial score (nSPS) is 35.4. The first-order chi connectivity index (χ1) is 11.9. The molecule has 2 fully saturated rings. The van der Waals surface area contributed by atoms with E-state index in [0.717, 1.165) is 6.54 Å². The first-order valence-corrected chi connectivity index (χ1v) is 8.45. The molecule has 136 valence electrons. The first kappa shape index (κ1) is 16.6. The number of aliphatic hydroxyl groups excluding tert-OH is 1. The van der Waals surface area contributed by atoms with Crippen molar-refractivity contribution in [3.63, 3.8) is 0 Å². The van der Waals surface area contributed by atoms with Gasteiger partial charge in [-0.1, -0.05) is 0 Å². The van der Waals surface area contributed by atoms with Crippen molar-refractivity contribution in [1.82, 2.24) is 19.5 Å². The van der Waals surface area contributed by atoms with Crippen LogP contribution in [-0.4, -0.2) is 60.3 Å². The number of hydrogen-bond donors (Lipinski definition) is 3. The average Bonchev–Trinajstić information content (AvgIpc) is 3.27. The Balaban J connectivity index is 1.71. The minimum absolute atomic E-state index is 0.413. The average molecular weight is 351 g/mol. The van der Waals surface area contributed by atoms with Crippen molar-refractivity contribution in [2.75, 3.05) is 18.5 Å². The molecule has 9 heteroatoms. The molecule has 1 aliphatic heterocycles. The van der Waals surface area contributed by atoms with Crippen LogP contribution in [0.4, 0.5) is 10.2 Å². The number of nitrogens with zero attached hydrogens (tertiary/aromatic N) is 4. The maximum atomic E-state index is 15.4. The minimum atomic E-state index is -2.14. The lowest BCUT2D eigenvalue weighted by molar-refractivity contribution is -0.0891. The van der Waals surface area contributed by atoms with Gasteiger partial charge in [0.2, 0.25) is 0 Å². The Kier molecular flexibility index (Phi) is 3.71. The van der Waals surface area contributed by atoms with Crippen LogP contribution in [0.25, 0.3) is 11.2 Å². The molecule has 8 nitrogen and oxygen atoms in total. The third-order valence-corrected chi connectivity index (χ3v) is 5.41. The van der Waals surface area contributed by atoms with Gasteiger partial charge in [-0.2, -0.15) is 0 Å². The number of hydrogen-bond acceptors (Lipinski definition) is 7. The molecule has 0 unspecified atom stereocenters. The van der Waals surface area contributed by atoms with E-state index in [1.807, 2.05) is 0 Å². The van der Waals surface area contributed by atoms with Crippen molar-refractivity contribution < 1.29 is 19.3 Å². The summed E-state index contributed by atoms with van der Waals surface area (Å²) >= 11 is 0. The van der Waals surface area contributed by atoms with Crippen LogP contribution in [0.15, 0.2) is 12.7 Å². The van der Waals surface area contributed by atoms with Gasteiger partial charge in [-0.15, -0.1) is 0 Å². The van der Waals surface area contributed by atoms with E-state index in [2.05, 4.69) is 20.3 Å². The van der Waals surface area contributed by atoms with Gasteiger partial charge in [-0.05, 0) is 32.6 Å². The number of ether oxygens (including phenoxy) is 1. The van der Waals surface area contributed by atoms with Crippen molar-refractivity contribution >= 4 is 17.0 Å². The van der Waals surface area contributed by atoms with Crippen molar-refractivity contribution in [1.29, 1.82) is 0 Å². The number of aliphatic hydroxyl groups is 2. The van der Waals surface area contributed by atoms with Crippen molar-refractivity contribution in [2.45, 2.75) is 50.3 Å². The number of fused-ring (bicyclic) bond motifs is 1. The number of imidazole rings is 1. The van der Waals surface area contributed by atoms with E-state index in [4.69, 9.17) is 4.74 Å². The zero-order valence-corrected chi connectivity index (χ0v) is 14.2. The van der Waals surface area contributed by atoms with Crippen LogP contribution < -0.4 is 5.32 Å². The minimum Gasteiger partial charge on any atom is -0.394 e. The van der Waals surface area contributed by atoms with Crippen molar-refractivity contribution in [3.8, 4) is 0 Å². The maximum Gasteiger partial charge on any atom is 0.183 e. The van der Waals surface area contributed by atoms with E-state index in [9.17, 15) is 10.2 Å². The van der Waals surface area contributed by atoms with Gasteiger partial charge >= 0.3 is 0 Å². The summed E-state index contributed by atoms with van der Waals surface area (Å²) in [4.78, 5) is 12.7.